The third-order valence-electron chi connectivity index (χ3n) is 2.29. The van der Waals surface area contributed by atoms with Gasteiger partial charge in [0.1, 0.15) is 0 Å². The first kappa shape index (κ1) is 8.97. The molecule has 0 aromatic rings. The summed E-state index contributed by atoms with van der Waals surface area (Å²) in [6.07, 6.45) is 1.39. The molecule has 1 N–H and O–H groups in total. The minimum Gasteiger partial charge on any atom is -0.368 e. The Kier molecular flexibility index (Phi) is 2.87. The van der Waals surface area contributed by atoms with E-state index in [9.17, 15) is 0 Å². The summed E-state index contributed by atoms with van der Waals surface area (Å²) in [5, 5.41) is 9.14. The minimum atomic E-state index is -0.541. The third-order valence-corrected chi connectivity index (χ3v) is 2.29. The Morgan fingerprint density at radius 1 is 1.36 bits per heavy atom. The molecule has 0 spiro atoms. The number of rotatable bonds is 1. The third kappa shape index (κ3) is 2.15. The molecule has 11 heavy (non-hydrogen) atoms. The van der Waals surface area contributed by atoms with Crippen LogP contribution in [0.4, 0.5) is 0 Å². The lowest BCUT2D eigenvalue weighted by molar-refractivity contribution is -0.177. The summed E-state index contributed by atoms with van der Waals surface area (Å²) in [4.78, 5) is 2.15. The fourth-order valence-corrected chi connectivity index (χ4v) is 1.63. The maximum absolute atomic E-state index is 9.14. The maximum Gasteiger partial charge on any atom is 0.155 e. The first-order valence-electron chi connectivity index (χ1n) is 4.11. The van der Waals surface area contributed by atoms with Crippen molar-refractivity contribution in [3.63, 3.8) is 0 Å². The Labute approximate surface area is 68.0 Å². The summed E-state index contributed by atoms with van der Waals surface area (Å²) in [6.45, 7) is 2.01. The van der Waals surface area contributed by atoms with Crippen molar-refractivity contribution >= 4 is 0 Å². The number of likely N-dealkylation sites (N-methyl/N-ethyl adjacent to an activating group) is 1. The number of aliphatic hydroxyl groups is 1. The summed E-state index contributed by atoms with van der Waals surface area (Å²) in [5.41, 5.74) is 0. The van der Waals surface area contributed by atoms with Crippen LogP contribution < -0.4 is 0 Å². The Morgan fingerprint density at radius 3 is 2.45 bits per heavy atom. The summed E-state index contributed by atoms with van der Waals surface area (Å²) < 4.78 is 5.27. The molecule has 3 atom stereocenters. The van der Waals surface area contributed by atoms with Crippen LogP contribution in [-0.4, -0.2) is 42.5 Å². The van der Waals surface area contributed by atoms with E-state index in [0.29, 0.717) is 6.04 Å². The van der Waals surface area contributed by atoms with Crippen molar-refractivity contribution in [1.82, 2.24) is 4.90 Å². The topological polar surface area (TPSA) is 32.7 Å². The zero-order valence-corrected chi connectivity index (χ0v) is 7.45. The lowest BCUT2D eigenvalue weighted by Crippen LogP contribution is -2.44. The van der Waals surface area contributed by atoms with Crippen LogP contribution >= 0.6 is 0 Å². The molecule has 1 aliphatic heterocycles. The Balaban J connectivity index is 2.44. The van der Waals surface area contributed by atoms with Crippen molar-refractivity contribution in [3.05, 3.63) is 0 Å². The summed E-state index contributed by atoms with van der Waals surface area (Å²) in [5.74, 6) is 0. The quantitative estimate of drug-likeness (QED) is 0.602. The molecule has 1 saturated heterocycles. The number of hydrogen-bond acceptors (Lipinski definition) is 3. The highest BCUT2D eigenvalue weighted by atomic mass is 16.6. The molecule has 0 radical (unpaired) electrons. The molecule has 1 heterocycles. The van der Waals surface area contributed by atoms with Crippen LogP contribution in [0.15, 0.2) is 0 Å². The second kappa shape index (κ2) is 3.52. The second-order valence-corrected chi connectivity index (χ2v) is 3.40. The van der Waals surface area contributed by atoms with Gasteiger partial charge in [-0.2, -0.15) is 0 Å². The van der Waals surface area contributed by atoms with E-state index in [1.807, 2.05) is 21.0 Å². The summed E-state index contributed by atoms with van der Waals surface area (Å²) in [7, 11) is 4.09. The van der Waals surface area contributed by atoms with Crippen LogP contribution in [0, 0.1) is 0 Å². The summed E-state index contributed by atoms with van der Waals surface area (Å²) >= 11 is 0. The highest BCUT2D eigenvalue weighted by Crippen LogP contribution is 2.20. The lowest BCUT2D eigenvalue weighted by atomic mass is 10.0. The normalized spacial score (nSPS) is 39.5. The van der Waals surface area contributed by atoms with Crippen LogP contribution in [0.1, 0.15) is 19.8 Å². The van der Waals surface area contributed by atoms with E-state index in [4.69, 9.17) is 9.84 Å². The van der Waals surface area contributed by atoms with Gasteiger partial charge in [-0.3, -0.25) is 0 Å². The first-order valence-corrected chi connectivity index (χ1v) is 4.11. The average Bonchev–Trinajstić information content (AvgIpc) is 1.85. The molecule has 1 aliphatic rings. The Hall–Kier alpha value is -0.120. The highest BCUT2D eigenvalue weighted by Gasteiger charge is 2.27. The van der Waals surface area contributed by atoms with Crippen molar-refractivity contribution in [2.75, 3.05) is 14.1 Å². The zero-order valence-electron chi connectivity index (χ0n) is 7.45. The van der Waals surface area contributed by atoms with Gasteiger partial charge in [-0.1, -0.05) is 0 Å². The molecule has 0 aromatic carbocycles. The second-order valence-electron chi connectivity index (χ2n) is 3.40. The van der Waals surface area contributed by atoms with Crippen molar-refractivity contribution in [2.24, 2.45) is 0 Å². The predicted octanol–water partition coefficient (Wildman–Crippen LogP) is 0.434. The van der Waals surface area contributed by atoms with E-state index in [2.05, 4.69) is 4.90 Å². The fourth-order valence-electron chi connectivity index (χ4n) is 1.63. The molecule has 66 valence electrons. The fraction of sp³-hybridized carbons (Fsp3) is 1.00. The van der Waals surface area contributed by atoms with Crippen LogP contribution in [-0.2, 0) is 4.74 Å². The molecule has 0 amide bonds. The Morgan fingerprint density at radius 2 is 2.00 bits per heavy atom. The van der Waals surface area contributed by atoms with E-state index in [1.165, 1.54) is 0 Å². The molecule has 1 rings (SSSR count). The SMILES string of the molecule is C[C@H]1O[C@H](O)CC[C@H]1N(C)C. The smallest absolute Gasteiger partial charge is 0.155 e. The van der Waals surface area contributed by atoms with Crippen LogP contribution in [0.5, 0.6) is 0 Å². The first-order chi connectivity index (χ1) is 5.11. The molecule has 3 nitrogen and oxygen atoms in total. The van der Waals surface area contributed by atoms with Gasteiger partial charge < -0.3 is 14.7 Å². The van der Waals surface area contributed by atoms with Gasteiger partial charge in [-0.15, -0.1) is 0 Å². The monoisotopic (exact) mass is 159 g/mol. The van der Waals surface area contributed by atoms with Gasteiger partial charge in [0.2, 0.25) is 0 Å². The molecular formula is C8H17NO2. The van der Waals surface area contributed by atoms with E-state index in [1.54, 1.807) is 0 Å². The van der Waals surface area contributed by atoms with Gasteiger partial charge in [0.25, 0.3) is 0 Å². The van der Waals surface area contributed by atoms with Crippen molar-refractivity contribution in [2.45, 2.75) is 38.2 Å². The number of ether oxygens (including phenoxy) is 1. The molecule has 0 bridgehead atoms. The van der Waals surface area contributed by atoms with Crippen LogP contribution in [0.2, 0.25) is 0 Å². The lowest BCUT2D eigenvalue weighted by Gasteiger charge is -2.36. The van der Waals surface area contributed by atoms with Gasteiger partial charge in [0.05, 0.1) is 6.10 Å². The average molecular weight is 159 g/mol. The van der Waals surface area contributed by atoms with Crippen LogP contribution in [0.25, 0.3) is 0 Å². The zero-order chi connectivity index (χ0) is 8.43. The number of aliphatic hydroxyl groups excluding tert-OH is 1. The van der Waals surface area contributed by atoms with Crippen LogP contribution in [0.3, 0.4) is 0 Å². The molecule has 0 saturated carbocycles. The van der Waals surface area contributed by atoms with E-state index in [0.717, 1.165) is 12.8 Å². The standard InChI is InChI=1S/C8H17NO2/c1-6-7(9(2)3)4-5-8(10)11-6/h6-8,10H,4-5H2,1-3H3/t6-,7-,8+/m1/s1. The largest absolute Gasteiger partial charge is 0.368 e. The van der Waals surface area contributed by atoms with Gasteiger partial charge >= 0.3 is 0 Å². The minimum absolute atomic E-state index is 0.147. The molecule has 0 aliphatic carbocycles. The molecule has 0 aromatic heterocycles. The Bertz CT molecular complexity index is 127. The highest BCUT2D eigenvalue weighted by molar-refractivity contribution is 4.77. The number of hydrogen-bond donors (Lipinski definition) is 1. The van der Waals surface area contributed by atoms with E-state index < -0.39 is 6.29 Å². The predicted molar refractivity (Wildman–Crippen MR) is 43.3 cm³/mol. The number of nitrogens with zero attached hydrogens (tertiary/aromatic N) is 1. The van der Waals surface area contributed by atoms with Crippen molar-refractivity contribution < 1.29 is 9.84 Å². The summed E-state index contributed by atoms with van der Waals surface area (Å²) in [6, 6.07) is 0.457. The van der Waals surface area contributed by atoms with Gasteiger partial charge in [-0.05, 0) is 33.9 Å². The van der Waals surface area contributed by atoms with Crippen molar-refractivity contribution in [1.29, 1.82) is 0 Å². The molecule has 0 unspecified atom stereocenters. The molecule has 1 fully saturated rings. The van der Waals surface area contributed by atoms with E-state index >= 15 is 0 Å². The van der Waals surface area contributed by atoms with Gasteiger partial charge in [0.15, 0.2) is 6.29 Å². The maximum atomic E-state index is 9.14. The van der Waals surface area contributed by atoms with Gasteiger partial charge in [-0.25, -0.2) is 0 Å². The molecular weight excluding hydrogens is 142 g/mol. The van der Waals surface area contributed by atoms with Gasteiger partial charge in [0, 0.05) is 6.04 Å². The van der Waals surface area contributed by atoms with Crippen molar-refractivity contribution in [3.8, 4) is 0 Å². The van der Waals surface area contributed by atoms with E-state index in [-0.39, 0.29) is 6.10 Å². The molecule has 3 heteroatoms.